The van der Waals surface area contributed by atoms with Crippen LogP contribution < -0.4 is 5.73 Å². The molecular weight excluding hydrogens is 264 g/mol. The Morgan fingerprint density at radius 1 is 1.43 bits per heavy atom. The van der Waals surface area contributed by atoms with E-state index in [1.165, 1.54) is 0 Å². The van der Waals surface area contributed by atoms with Crippen molar-refractivity contribution in [1.29, 1.82) is 0 Å². The van der Waals surface area contributed by atoms with E-state index >= 15 is 0 Å². The second-order valence-corrected chi connectivity index (χ2v) is 5.32. The minimum atomic E-state index is 0.0639. The molecular formula is C17H22N2O2. The van der Waals surface area contributed by atoms with E-state index < -0.39 is 0 Å². The van der Waals surface area contributed by atoms with Crippen LogP contribution in [0.5, 0.6) is 0 Å². The number of carbonyl (C=O) groups is 1. The number of nitrogens with zero attached hydrogens (tertiary/aromatic N) is 1. The summed E-state index contributed by atoms with van der Waals surface area (Å²) in [5, 5.41) is 0. The van der Waals surface area contributed by atoms with Crippen LogP contribution in [0.15, 0.2) is 18.2 Å². The average molecular weight is 286 g/mol. The van der Waals surface area contributed by atoms with E-state index in [4.69, 9.17) is 10.5 Å². The van der Waals surface area contributed by atoms with Crippen LogP contribution in [-0.2, 0) is 4.74 Å². The summed E-state index contributed by atoms with van der Waals surface area (Å²) in [6, 6.07) is 6.10. The highest BCUT2D eigenvalue weighted by atomic mass is 16.5. The van der Waals surface area contributed by atoms with Gasteiger partial charge in [0.1, 0.15) is 0 Å². The molecule has 2 rings (SSSR count). The fourth-order valence-corrected chi connectivity index (χ4v) is 2.32. The van der Waals surface area contributed by atoms with Gasteiger partial charge in [-0.15, -0.1) is 0 Å². The van der Waals surface area contributed by atoms with Gasteiger partial charge in [-0.05, 0) is 43.5 Å². The topological polar surface area (TPSA) is 55.6 Å². The zero-order valence-corrected chi connectivity index (χ0v) is 12.7. The van der Waals surface area contributed by atoms with E-state index in [0.717, 1.165) is 24.0 Å². The monoisotopic (exact) mass is 286 g/mol. The van der Waals surface area contributed by atoms with Crippen molar-refractivity contribution >= 4 is 5.91 Å². The molecule has 0 spiro atoms. The molecule has 1 saturated carbocycles. The smallest absolute Gasteiger partial charge is 0.254 e. The van der Waals surface area contributed by atoms with Crippen molar-refractivity contribution in [3.05, 3.63) is 34.9 Å². The summed E-state index contributed by atoms with van der Waals surface area (Å²) in [6.07, 6.45) is 2.17. The van der Waals surface area contributed by atoms with Crippen LogP contribution in [0.3, 0.4) is 0 Å². The Kier molecular flexibility index (Phi) is 5.38. The third kappa shape index (κ3) is 4.32. The molecule has 0 atom stereocenters. The SMILES string of the molecule is COCCN(C(=O)c1cc(C)cc(C#CCN)c1)C1CC1. The van der Waals surface area contributed by atoms with E-state index in [0.29, 0.717) is 31.3 Å². The molecule has 1 aliphatic rings. The van der Waals surface area contributed by atoms with Crippen LogP contribution in [0.4, 0.5) is 0 Å². The minimum absolute atomic E-state index is 0.0639. The molecule has 1 aromatic carbocycles. The fourth-order valence-electron chi connectivity index (χ4n) is 2.32. The maximum Gasteiger partial charge on any atom is 0.254 e. The molecule has 1 aromatic rings. The third-order valence-corrected chi connectivity index (χ3v) is 3.44. The van der Waals surface area contributed by atoms with Crippen LogP contribution in [0, 0.1) is 18.8 Å². The lowest BCUT2D eigenvalue weighted by Crippen LogP contribution is -2.35. The fraction of sp³-hybridized carbons (Fsp3) is 0.471. The Bertz CT molecular complexity index is 568. The summed E-state index contributed by atoms with van der Waals surface area (Å²) in [5.74, 6) is 5.89. The number of benzene rings is 1. The van der Waals surface area contributed by atoms with E-state index in [2.05, 4.69) is 11.8 Å². The van der Waals surface area contributed by atoms with Gasteiger partial charge in [0.25, 0.3) is 5.91 Å². The average Bonchev–Trinajstić information content (AvgIpc) is 3.29. The highest BCUT2D eigenvalue weighted by molar-refractivity contribution is 5.95. The number of hydrogen-bond donors (Lipinski definition) is 1. The van der Waals surface area contributed by atoms with Gasteiger partial charge in [-0.25, -0.2) is 0 Å². The minimum Gasteiger partial charge on any atom is -0.383 e. The number of methoxy groups -OCH3 is 1. The van der Waals surface area contributed by atoms with Crippen molar-refractivity contribution in [2.45, 2.75) is 25.8 Å². The van der Waals surface area contributed by atoms with Gasteiger partial charge in [0.2, 0.25) is 0 Å². The number of aryl methyl sites for hydroxylation is 1. The van der Waals surface area contributed by atoms with Crippen LogP contribution in [0.2, 0.25) is 0 Å². The van der Waals surface area contributed by atoms with Crippen LogP contribution in [-0.4, -0.2) is 43.7 Å². The summed E-state index contributed by atoms with van der Waals surface area (Å²) in [6.45, 7) is 3.49. The number of hydrogen-bond acceptors (Lipinski definition) is 3. The summed E-state index contributed by atoms with van der Waals surface area (Å²) in [4.78, 5) is 14.6. The van der Waals surface area contributed by atoms with E-state index in [1.807, 2.05) is 30.0 Å². The van der Waals surface area contributed by atoms with Gasteiger partial charge in [-0.1, -0.05) is 11.8 Å². The van der Waals surface area contributed by atoms with Crippen molar-refractivity contribution in [3.63, 3.8) is 0 Å². The quantitative estimate of drug-likeness (QED) is 0.836. The molecule has 0 heterocycles. The maximum atomic E-state index is 12.7. The van der Waals surface area contributed by atoms with E-state index in [-0.39, 0.29) is 5.91 Å². The Balaban J connectivity index is 2.22. The Morgan fingerprint density at radius 2 is 2.19 bits per heavy atom. The molecule has 0 saturated heterocycles. The lowest BCUT2D eigenvalue weighted by atomic mass is 10.1. The number of carbonyl (C=O) groups excluding carboxylic acids is 1. The zero-order chi connectivity index (χ0) is 15.2. The molecule has 21 heavy (non-hydrogen) atoms. The van der Waals surface area contributed by atoms with Gasteiger partial charge in [0.05, 0.1) is 13.2 Å². The molecule has 0 aromatic heterocycles. The molecule has 1 amide bonds. The first-order chi connectivity index (χ1) is 10.2. The first-order valence-corrected chi connectivity index (χ1v) is 7.26. The molecule has 1 fully saturated rings. The third-order valence-electron chi connectivity index (χ3n) is 3.44. The first kappa shape index (κ1) is 15.6. The lowest BCUT2D eigenvalue weighted by molar-refractivity contribution is 0.0680. The molecule has 4 heteroatoms. The second-order valence-electron chi connectivity index (χ2n) is 5.32. The standard InChI is InChI=1S/C17H22N2O2/c1-13-10-14(4-3-7-18)12-15(11-13)17(20)19(8-9-21-2)16-5-6-16/h10-12,16H,5-9,18H2,1-2H3. The summed E-state index contributed by atoms with van der Waals surface area (Å²) < 4.78 is 5.11. The molecule has 4 nitrogen and oxygen atoms in total. The molecule has 0 bridgehead atoms. The second kappa shape index (κ2) is 7.26. The molecule has 0 unspecified atom stereocenters. The highest BCUT2D eigenvalue weighted by Crippen LogP contribution is 2.28. The summed E-state index contributed by atoms with van der Waals surface area (Å²) >= 11 is 0. The van der Waals surface area contributed by atoms with Crippen LogP contribution in [0.25, 0.3) is 0 Å². The number of amides is 1. The van der Waals surface area contributed by atoms with Crippen molar-refractivity contribution in [3.8, 4) is 11.8 Å². The normalized spacial score (nSPS) is 13.5. The largest absolute Gasteiger partial charge is 0.383 e. The van der Waals surface area contributed by atoms with Crippen molar-refractivity contribution < 1.29 is 9.53 Å². The lowest BCUT2D eigenvalue weighted by Gasteiger charge is -2.22. The van der Waals surface area contributed by atoms with Crippen molar-refractivity contribution in [2.24, 2.45) is 5.73 Å². The predicted octanol–water partition coefficient (Wildman–Crippen LogP) is 1.56. The first-order valence-electron chi connectivity index (χ1n) is 7.26. The Morgan fingerprint density at radius 3 is 2.81 bits per heavy atom. The molecule has 0 aliphatic heterocycles. The highest BCUT2D eigenvalue weighted by Gasteiger charge is 2.32. The number of rotatable bonds is 5. The van der Waals surface area contributed by atoms with Crippen LogP contribution in [0.1, 0.15) is 34.3 Å². The Hall–Kier alpha value is -1.83. The van der Waals surface area contributed by atoms with Gasteiger partial charge >= 0.3 is 0 Å². The van der Waals surface area contributed by atoms with Gasteiger partial charge in [-0.3, -0.25) is 4.79 Å². The van der Waals surface area contributed by atoms with Crippen molar-refractivity contribution in [2.75, 3.05) is 26.8 Å². The summed E-state index contributed by atoms with van der Waals surface area (Å²) in [5.41, 5.74) is 7.97. The molecule has 2 N–H and O–H groups in total. The van der Waals surface area contributed by atoms with E-state index in [9.17, 15) is 4.79 Å². The summed E-state index contributed by atoms with van der Waals surface area (Å²) in [7, 11) is 1.66. The molecule has 1 aliphatic carbocycles. The maximum absolute atomic E-state index is 12.7. The van der Waals surface area contributed by atoms with Gasteiger partial charge < -0.3 is 15.4 Å². The van der Waals surface area contributed by atoms with Gasteiger partial charge in [0.15, 0.2) is 0 Å². The molecule has 0 radical (unpaired) electrons. The number of ether oxygens (including phenoxy) is 1. The van der Waals surface area contributed by atoms with Gasteiger partial charge in [-0.2, -0.15) is 0 Å². The molecule has 112 valence electrons. The van der Waals surface area contributed by atoms with Crippen LogP contribution >= 0.6 is 0 Å². The van der Waals surface area contributed by atoms with E-state index in [1.54, 1.807) is 7.11 Å². The predicted molar refractivity (Wildman–Crippen MR) is 83.0 cm³/mol. The zero-order valence-electron chi connectivity index (χ0n) is 12.7. The van der Waals surface area contributed by atoms with Gasteiger partial charge in [0, 0.05) is 30.8 Å². The van der Waals surface area contributed by atoms with Crippen molar-refractivity contribution in [1.82, 2.24) is 4.90 Å². The Labute approximate surface area is 126 Å². The number of nitrogens with two attached hydrogens (primary N) is 1.